The molecule has 0 aromatic heterocycles. The lowest BCUT2D eigenvalue weighted by atomic mass is 9.57. The Hall–Kier alpha value is -0.120. The van der Waals surface area contributed by atoms with Gasteiger partial charge in [-0.05, 0) is 45.1 Å². The van der Waals surface area contributed by atoms with Crippen molar-refractivity contribution in [2.24, 2.45) is 23.0 Å². The van der Waals surface area contributed by atoms with Gasteiger partial charge in [-0.15, -0.1) is 0 Å². The predicted octanol–water partition coefficient (Wildman–Crippen LogP) is 1.89. The minimum atomic E-state index is -0.621. The van der Waals surface area contributed by atoms with Crippen molar-refractivity contribution in [1.29, 1.82) is 0 Å². The second kappa shape index (κ2) is 5.48. The summed E-state index contributed by atoms with van der Waals surface area (Å²) in [7, 11) is 0. The van der Waals surface area contributed by atoms with E-state index in [4.69, 9.17) is 5.73 Å². The van der Waals surface area contributed by atoms with Gasteiger partial charge in [-0.2, -0.15) is 0 Å². The fraction of sp³-hybridized carbons (Fsp3) is 1.00. The first-order valence-electron chi connectivity index (χ1n) is 7.65. The van der Waals surface area contributed by atoms with Gasteiger partial charge >= 0.3 is 0 Å². The molecule has 2 fully saturated rings. The summed E-state index contributed by atoms with van der Waals surface area (Å²) in [5.41, 5.74) is 5.43. The van der Waals surface area contributed by atoms with E-state index in [1.54, 1.807) is 0 Å². The SMILES string of the molecule is CC1CCCC(CN)(C(C)(O)C2CCCNC2)C1. The van der Waals surface area contributed by atoms with Gasteiger partial charge in [0.1, 0.15) is 0 Å². The van der Waals surface area contributed by atoms with Crippen LogP contribution in [0, 0.1) is 17.3 Å². The Bertz CT molecular complexity index is 274. The third-order valence-corrected chi connectivity index (χ3v) is 5.65. The number of nitrogens with one attached hydrogen (secondary N) is 1. The molecule has 2 rings (SSSR count). The molecule has 0 aromatic carbocycles. The Morgan fingerprint density at radius 3 is 2.72 bits per heavy atom. The molecule has 4 unspecified atom stereocenters. The van der Waals surface area contributed by atoms with Gasteiger partial charge in [0.15, 0.2) is 0 Å². The van der Waals surface area contributed by atoms with Crippen molar-refractivity contribution in [1.82, 2.24) is 5.32 Å². The number of rotatable bonds is 3. The van der Waals surface area contributed by atoms with Crippen LogP contribution in [0.3, 0.4) is 0 Å². The number of piperidine rings is 1. The summed E-state index contributed by atoms with van der Waals surface area (Å²) in [6, 6.07) is 0. The Morgan fingerprint density at radius 1 is 1.39 bits per heavy atom. The Kier molecular flexibility index (Phi) is 4.35. The first-order chi connectivity index (χ1) is 8.52. The van der Waals surface area contributed by atoms with E-state index < -0.39 is 5.60 Å². The predicted molar refractivity (Wildman–Crippen MR) is 75.3 cm³/mol. The van der Waals surface area contributed by atoms with Gasteiger partial charge in [-0.1, -0.05) is 19.8 Å². The average molecular weight is 254 g/mol. The van der Waals surface area contributed by atoms with E-state index in [-0.39, 0.29) is 5.41 Å². The highest BCUT2D eigenvalue weighted by Crippen LogP contribution is 2.50. The summed E-state index contributed by atoms with van der Waals surface area (Å²) in [6.07, 6.45) is 7.01. The zero-order valence-corrected chi connectivity index (χ0v) is 12.0. The van der Waals surface area contributed by atoms with E-state index in [0.29, 0.717) is 18.4 Å². The Morgan fingerprint density at radius 2 is 2.17 bits per heavy atom. The second-order valence-corrected chi connectivity index (χ2v) is 6.88. The molecule has 0 spiro atoms. The fourth-order valence-electron chi connectivity index (χ4n) is 4.28. The smallest absolute Gasteiger partial charge is 0.0727 e. The standard InChI is InChI=1S/C15H30N2O/c1-12-5-3-7-15(9-12,11-16)14(2,18)13-6-4-8-17-10-13/h12-13,17-18H,3-11,16H2,1-2H3. The number of hydrogen-bond acceptors (Lipinski definition) is 3. The molecule has 18 heavy (non-hydrogen) atoms. The number of aliphatic hydroxyl groups is 1. The van der Waals surface area contributed by atoms with Crippen LogP contribution in [0.5, 0.6) is 0 Å². The third kappa shape index (κ3) is 2.45. The molecule has 1 aliphatic carbocycles. The van der Waals surface area contributed by atoms with Crippen molar-refractivity contribution in [3.8, 4) is 0 Å². The van der Waals surface area contributed by atoms with E-state index in [1.165, 1.54) is 19.3 Å². The highest BCUT2D eigenvalue weighted by molar-refractivity contribution is 5.04. The molecule has 2 aliphatic rings. The van der Waals surface area contributed by atoms with E-state index >= 15 is 0 Å². The quantitative estimate of drug-likeness (QED) is 0.721. The van der Waals surface area contributed by atoms with E-state index in [0.717, 1.165) is 32.4 Å². The van der Waals surface area contributed by atoms with Crippen molar-refractivity contribution in [2.45, 2.75) is 58.0 Å². The molecule has 3 nitrogen and oxygen atoms in total. The Balaban J connectivity index is 2.17. The average Bonchev–Trinajstić information content (AvgIpc) is 2.39. The highest BCUT2D eigenvalue weighted by Gasteiger charge is 2.51. The third-order valence-electron chi connectivity index (χ3n) is 5.65. The molecule has 3 heteroatoms. The molecular weight excluding hydrogens is 224 g/mol. The molecule has 1 saturated carbocycles. The molecule has 0 radical (unpaired) electrons. The van der Waals surface area contributed by atoms with E-state index in [9.17, 15) is 5.11 Å². The maximum absolute atomic E-state index is 11.2. The van der Waals surface area contributed by atoms with Crippen LogP contribution in [0.1, 0.15) is 52.4 Å². The molecule has 1 heterocycles. The van der Waals surface area contributed by atoms with Gasteiger partial charge < -0.3 is 16.2 Å². The largest absolute Gasteiger partial charge is 0.389 e. The molecule has 1 aliphatic heterocycles. The van der Waals surface area contributed by atoms with Crippen molar-refractivity contribution in [3.63, 3.8) is 0 Å². The van der Waals surface area contributed by atoms with Crippen LogP contribution in [0.25, 0.3) is 0 Å². The summed E-state index contributed by atoms with van der Waals surface area (Å²) in [6.45, 7) is 7.02. The van der Waals surface area contributed by atoms with E-state index in [1.807, 2.05) is 0 Å². The lowest BCUT2D eigenvalue weighted by Gasteiger charge is -2.53. The summed E-state index contributed by atoms with van der Waals surface area (Å²) < 4.78 is 0. The van der Waals surface area contributed by atoms with Crippen molar-refractivity contribution < 1.29 is 5.11 Å². The van der Waals surface area contributed by atoms with Gasteiger partial charge in [0.2, 0.25) is 0 Å². The monoisotopic (exact) mass is 254 g/mol. The second-order valence-electron chi connectivity index (χ2n) is 6.88. The van der Waals surface area contributed by atoms with Gasteiger partial charge in [0, 0.05) is 24.4 Å². The number of hydrogen-bond donors (Lipinski definition) is 3. The van der Waals surface area contributed by atoms with Gasteiger partial charge in [0.05, 0.1) is 5.60 Å². The van der Waals surface area contributed by atoms with Crippen LogP contribution in [0.2, 0.25) is 0 Å². The van der Waals surface area contributed by atoms with Crippen LogP contribution in [0.4, 0.5) is 0 Å². The van der Waals surface area contributed by atoms with Crippen molar-refractivity contribution in [3.05, 3.63) is 0 Å². The molecule has 4 atom stereocenters. The maximum atomic E-state index is 11.2. The van der Waals surface area contributed by atoms with Crippen LogP contribution in [-0.4, -0.2) is 30.3 Å². The molecular formula is C15H30N2O. The van der Waals surface area contributed by atoms with Gasteiger partial charge in [0.25, 0.3) is 0 Å². The van der Waals surface area contributed by atoms with Crippen LogP contribution in [0.15, 0.2) is 0 Å². The minimum Gasteiger partial charge on any atom is -0.389 e. The normalized spacial score (nSPS) is 41.3. The summed E-state index contributed by atoms with van der Waals surface area (Å²) in [5.74, 6) is 1.06. The lowest BCUT2D eigenvalue weighted by molar-refractivity contribution is -0.136. The molecule has 1 saturated heterocycles. The molecule has 0 bridgehead atoms. The van der Waals surface area contributed by atoms with Crippen LogP contribution >= 0.6 is 0 Å². The van der Waals surface area contributed by atoms with Crippen LogP contribution < -0.4 is 11.1 Å². The topological polar surface area (TPSA) is 58.3 Å². The van der Waals surface area contributed by atoms with Crippen molar-refractivity contribution >= 4 is 0 Å². The molecule has 0 aromatic rings. The summed E-state index contributed by atoms with van der Waals surface area (Å²) in [4.78, 5) is 0. The van der Waals surface area contributed by atoms with Gasteiger partial charge in [-0.25, -0.2) is 0 Å². The maximum Gasteiger partial charge on any atom is 0.0727 e. The van der Waals surface area contributed by atoms with Crippen LogP contribution in [-0.2, 0) is 0 Å². The summed E-state index contributed by atoms with van der Waals surface area (Å²) in [5, 5.41) is 14.6. The molecule has 106 valence electrons. The molecule has 0 amide bonds. The minimum absolute atomic E-state index is 0.0612. The number of nitrogens with two attached hydrogens (primary N) is 1. The van der Waals surface area contributed by atoms with Gasteiger partial charge in [-0.3, -0.25) is 0 Å². The van der Waals surface area contributed by atoms with Crippen molar-refractivity contribution in [2.75, 3.05) is 19.6 Å². The Labute approximate surface area is 112 Å². The first-order valence-corrected chi connectivity index (χ1v) is 7.65. The fourth-order valence-corrected chi connectivity index (χ4v) is 4.28. The zero-order valence-electron chi connectivity index (χ0n) is 12.0. The highest BCUT2D eigenvalue weighted by atomic mass is 16.3. The first kappa shape index (κ1) is 14.3. The zero-order chi connectivity index (χ0) is 13.2. The molecule has 4 N–H and O–H groups in total. The van der Waals surface area contributed by atoms with E-state index in [2.05, 4.69) is 19.2 Å². The summed E-state index contributed by atoms with van der Waals surface area (Å²) >= 11 is 0. The lowest BCUT2D eigenvalue weighted by Crippen LogP contribution is -2.59.